The van der Waals surface area contributed by atoms with Gasteiger partial charge in [0.15, 0.2) is 0 Å². The Balaban J connectivity index is 1.94. The molecule has 0 unspecified atom stereocenters. The molecule has 98 valence electrons. The summed E-state index contributed by atoms with van der Waals surface area (Å²) in [4.78, 5) is 0. The van der Waals surface area contributed by atoms with Gasteiger partial charge in [-0.15, -0.1) is 0 Å². The molecule has 0 radical (unpaired) electrons. The molecular weight excluding hydrogens is 281 g/mol. The van der Waals surface area contributed by atoms with E-state index in [0.29, 0.717) is 10.0 Å². The minimum atomic E-state index is -0.0836. The molecule has 2 aromatic rings. The van der Waals surface area contributed by atoms with Gasteiger partial charge in [0.05, 0.1) is 10.0 Å². The molecule has 2 nitrogen and oxygen atoms in total. The van der Waals surface area contributed by atoms with Gasteiger partial charge in [0, 0.05) is 18.0 Å². The fraction of sp³-hybridized carbons (Fsp3) is 0.200. The minimum absolute atomic E-state index is 0.0237. The summed E-state index contributed by atoms with van der Waals surface area (Å²) in [5, 5.41) is 1.08. The molecule has 2 N–H and O–H groups in total. The third-order valence-corrected chi connectivity index (χ3v) is 4.11. The van der Waals surface area contributed by atoms with Crippen molar-refractivity contribution in [3.05, 3.63) is 63.6 Å². The number of ether oxygens (including phenoxy) is 1. The highest BCUT2D eigenvalue weighted by Gasteiger charge is 2.26. The number of rotatable bonds is 1. The van der Waals surface area contributed by atoms with Crippen molar-refractivity contribution in [1.29, 1.82) is 0 Å². The van der Waals surface area contributed by atoms with E-state index >= 15 is 0 Å². The predicted molar refractivity (Wildman–Crippen MR) is 77.8 cm³/mol. The largest absolute Gasteiger partial charge is 0.485 e. The lowest BCUT2D eigenvalue weighted by Gasteiger charge is -2.30. The summed E-state index contributed by atoms with van der Waals surface area (Å²) in [6, 6.07) is 13.4. The average molecular weight is 294 g/mol. The Bertz CT molecular complexity index is 615. The van der Waals surface area contributed by atoms with Crippen LogP contribution >= 0.6 is 23.2 Å². The number of benzene rings is 2. The highest BCUT2D eigenvalue weighted by atomic mass is 35.5. The maximum Gasteiger partial charge on any atom is 0.126 e. The SMILES string of the molecule is N[C@H]1C[C@H](c2ccc(Cl)c(Cl)c2)Oc2ccccc21. The van der Waals surface area contributed by atoms with E-state index in [9.17, 15) is 0 Å². The summed E-state index contributed by atoms with van der Waals surface area (Å²) < 4.78 is 6.00. The van der Waals surface area contributed by atoms with Gasteiger partial charge in [0.1, 0.15) is 11.9 Å². The topological polar surface area (TPSA) is 35.2 Å². The summed E-state index contributed by atoms with van der Waals surface area (Å²) in [7, 11) is 0. The van der Waals surface area contributed by atoms with Crippen LogP contribution in [0.1, 0.15) is 29.7 Å². The van der Waals surface area contributed by atoms with E-state index in [4.69, 9.17) is 33.7 Å². The maximum absolute atomic E-state index is 6.20. The highest BCUT2D eigenvalue weighted by Crippen LogP contribution is 2.40. The number of fused-ring (bicyclic) bond motifs is 1. The Morgan fingerprint density at radius 3 is 2.63 bits per heavy atom. The normalized spacial score (nSPS) is 21.6. The molecule has 0 saturated heterocycles. The van der Waals surface area contributed by atoms with Crippen LogP contribution in [0.5, 0.6) is 5.75 Å². The fourth-order valence-electron chi connectivity index (χ4n) is 2.37. The molecule has 2 aromatic carbocycles. The highest BCUT2D eigenvalue weighted by molar-refractivity contribution is 6.42. The molecule has 0 aliphatic carbocycles. The van der Waals surface area contributed by atoms with Crippen LogP contribution in [0.3, 0.4) is 0 Å². The van der Waals surface area contributed by atoms with Crippen LogP contribution in [0.2, 0.25) is 10.0 Å². The Morgan fingerprint density at radius 2 is 1.84 bits per heavy atom. The zero-order chi connectivity index (χ0) is 13.4. The molecule has 1 aliphatic heterocycles. The number of halogens is 2. The Morgan fingerprint density at radius 1 is 1.05 bits per heavy atom. The third kappa shape index (κ3) is 2.44. The standard InChI is InChI=1S/C15H13Cl2NO/c16-11-6-5-9(7-12(11)17)15-8-13(18)10-3-1-2-4-14(10)19-15/h1-7,13,15H,8,18H2/t13-,15+/m0/s1. The second kappa shape index (κ2) is 5.04. The van der Waals surface area contributed by atoms with Gasteiger partial charge in [0.2, 0.25) is 0 Å². The van der Waals surface area contributed by atoms with Crippen LogP contribution in [0.15, 0.2) is 42.5 Å². The van der Waals surface area contributed by atoms with Gasteiger partial charge in [-0.3, -0.25) is 0 Å². The Kier molecular flexibility index (Phi) is 3.40. The van der Waals surface area contributed by atoms with Crippen molar-refractivity contribution in [2.24, 2.45) is 5.73 Å². The first-order valence-electron chi connectivity index (χ1n) is 6.11. The van der Waals surface area contributed by atoms with E-state index in [1.54, 1.807) is 6.07 Å². The number of hydrogen-bond donors (Lipinski definition) is 1. The molecule has 1 aliphatic rings. The molecule has 0 aromatic heterocycles. The smallest absolute Gasteiger partial charge is 0.126 e. The average Bonchev–Trinajstić information content (AvgIpc) is 2.42. The fourth-order valence-corrected chi connectivity index (χ4v) is 2.68. The Hall–Kier alpha value is -1.22. The van der Waals surface area contributed by atoms with E-state index in [2.05, 4.69) is 0 Å². The predicted octanol–water partition coefficient (Wildman–Crippen LogP) is 4.52. The first kappa shape index (κ1) is 12.8. The summed E-state index contributed by atoms with van der Waals surface area (Å²) in [6.45, 7) is 0. The number of hydrogen-bond acceptors (Lipinski definition) is 2. The van der Waals surface area contributed by atoms with Gasteiger partial charge in [-0.25, -0.2) is 0 Å². The molecule has 0 spiro atoms. The van der Waals surface area contributed by atoms with Gasteiger partial charge >= 0.3 is 0 Å². The number of nitrogens with two attached hydrogens (primary N) is 1. The van der Waals surface area contributed by atoms with Crippen molar-refractivity contribution < 1.29 is 4.74 Å². The zero-order valence-corrected chi connectivity index (χ0v) is 11.7. The van der Waals surface area contributed by atoms with E-state index in [0.717, 1.165) is 23.3 Å². The summed E-state index contributed by atoms with van der Waals surface area (Å²) in [5.41, 5.74) is 8.26. The molecule has 0 bridgehead atoms. The van der Waals surface area contributed by atoms with Crippen molar-refractivity contribution in [1.82, 2.24) is 0 Å². The lowest BCUT2D eigenvalue weighted by atomic mass is 9.94. The third-order valence-electron chi connectivity index (χ3n) is 3.37. The maximum atomic E-state index is 6.20. The van der Waals surface area contributed by atoms with Crippen molar-refractivity contribution in [2.45, 2.75) is 18.6 Å². The molecule has 0 fully saturated rings. The quantitative estimate of drug-likeness (QED) is 0.839. The molecule has 4 heteroatoms. The van der Waals surface area contributed by atoms with Crippen LogP contribution in [-0.2, 0) is 0 Å². The van der Waals surface area contributed by atoms with Gasteiger partial charge in [-0.1, -0.05) is 47.5 Å². The molecule has 2 atom stereocenters. The van der Waals surface area contributed by atoms with Crippen LogP contribution in [0.25, 0.3) is 0 Å². The van der Waals surface area contributed by atoms with Crippen molar-refractivity contribution in [2.75, 3.05) is 0 Å². The second-order valence-electron chi connectivity index (χ2n) is 4.66. The second-order valence-corrected chi connectivity index (χ2v) is 5.47. The summed E-state index contributed by atoms with van der Waals surface area (Å²) in [5.74, 6) is 0.845. The molecule has 0 saturated carbocycles. The minimum Gasteiger partial charge on any atom is -0.485 e. The van der Waals surface area contributed by atoms with Crippen LogP contribution in [0, 0.1) is 0 Å². The monoisotopic (exact) mass is 293 g/mol. The molecule has 19 heavy (non-hydrogen) atoms. The van der Waals surface area contributed by atoms with Crippen molar-refractivity contribution in [3.63, 3.8) is 0 Å². The van der Waals surface area contributed by atoms with E-state index in [1.165, 1.54) is 0 Å². The summed E-state index contributed by atoms with van der Waals surface area (Å²) in [6.07, 6.45) is 0.647. The van der Waals surface area contributed by atoms with Gasteiger partial charge in [-0.2, -0.15) is 0 Å². The molecule has 0 amide bonds. The van der Waals surface area contributed by atoms with Gasteiger partial charge < -0.3 is 10.5 Å². The van der Waals surface area contributed by atoms with Gasteiger partial charge in [0.25, 0.3) is 0 Å². The lowest BCUT2D eigenvalue weighted by molar-refractivity contribution is 0.161. The van der Waals surface area contributed by atoms with E-state index < -0.39 is 0 Å². The Labute approximate surface area is 122 Å². The van der Waals surface area contributed by atoms with Crippen LogP contribution in [-0.4, -0.2) is 0 Å². The van der Waals surface area contributed by atoms with E-state index in [-0.39, 0.29) is 12.1 Å². The van der Waals surface area contributed by atoms with E-state index in [1.807, 2.05) is 36.4 Å². The summed E-state index contributed by atoms with van der Waals surface area (Å²) >= 11 is 12.0. The van der Waals surface area contributed by atoms with Crippen LogP contribution < -0.4 is 10.5 Å². The van der Waals surface area contributed by atoms with Gasteiger partial charge in [-0.05, 0) is 23.8 Å². The first-order valence-corrected chi connectivity index (χ1v) is 6.87. The zero-order valence-electron chi connectivity index (χ0n) is 10.1. The number of para-hydroxylation sites is 1. The molecule has 3 rings (SSSR count). The molecule has 1 heterocycles. The molecular formula is C15H13Cl2NO. The lowest BCUT2D eigenvalue weighted by Crippen LogP contribution is -2.24. The first-order chi connectivity index (χ1) is 9.15. The van der Waals surface area contributed by atoms with Crippen molar-refractivity contribution >= 4 is 23.2 Å². The van der Waals surface area contributed by atoms with Crippen molar-refractivity contribution in [3.8, 4) is 5.75 Å². The van der Waals surface area contributed by atoms with Crippen LogP contribution in [0.4, 0.5) is 0 Å².